The number of aryl methyl sites for hydroxylation is 1. The number of anilines is 1. The minimum Gasteiger partial charge on any atom is -0.323 e. The van der Waals surface area contributed by atoms with Gasteiger partial charge < -0.3 is 10.2 Å². The first-order valence-corrected chi connectivity index (χ1v) is 7.30. The number of amides is 2. The van der Waals surface area contributed by atoms with Crippen molar-refractivity contribution >= 4 is 11.7 Å². The van der Waals surface area contributed by atoms with Crippen molar-refractivity contribution in [2.75, 3.05) is 18.4 Å². The van der Waals surface area contributed by atoms with Crippen molar-refractivity contribution in [2.45, 2.75) is 12.8 Å². The van der Waals surface area contributed by atoms with E-state index in [-0.39, 0.29) is 6.03 Å². The fourth-order valence-corrected chi connectivity index (χ4v) is 3.06. The molecule has 1 saturated carbocycles. The lowest BCUT2D eigenvalue weighted by atomic mass is 9.98. The molecule has 1 aromatic heterocycles. The number of hydrogen-bond donors (Lipinski definition) is 1. The summed E-state index contributed by atoms with van der Waals surface area (Å²) in [6.07, 6.45) is 4.27. The topological polar surface area (TPSA) is 50.2 Å². The van der Waals surface area contributed by atoms with Gasteiger partial charge in [-0.05, 0) is 12.8 Å². The Bertz CT molecular complexity index is 680. The summed E-state index contributed by atoms with van der Waals surface area (Å²) in [6.45, 7) is 1.81. The van der Waals surface area contributed by atoms with E-state index in [1.54, 1.807) is 10.9 Å². The van der Waals surface area contributed by atoms with Gasteiger partial charge in [0.1, 0.15) is 0 Å². The maximum atomic E-state index is 12.3. The second-order valence-electron chi connectivity index (χ2n) is 6.18. The highest BCUT2D eigenvalue weighted by Crippen LogP contribution is 2.52. The normalized spacial score (nSPS) is 18.4. The van der Waals surface area contributed by atoms with Crippen molar-refractivity contribution in [3.05, 3.63) is 36.5 Å². The average molecular weight is 282 g/mol. The predicted molar refractivity (Wildman–Crippen MR) is 80.9 cm³/mol. The van der Waals surface area contributed by atoms with E-state index in [0.29, 0.717) is 5.41 Å². The van der Waals surface area contributed by atoms with Crippen molar-refractivity contribution in [1.29, 1.82) is 0 Å². The molecule has 1 aliphatic carbocycles. The van der Waals surface area contributed by atoms with Gasteiger partial charge in [0.25, 0.3) is 0 Å². The number of nitrogens with zero attached hydrogens (tertiary/aromatic N) is 3. The van der Waals surface area contributed by atoms with Crippen LogP contribution in [0, 0.1) is 5.41 Å². The van der Waals surface area contributed by atoms with Gasteiger partial charge in [0.2, 0.25) is 0 Å². The molecule has 2 heterocycles. The molecule has 1 N–H and O–H groups in total. The number of likely N-dealkylation sites (tertiary alicyclic amines) is 1. The zero-order valence-corrected chi connectivity index (χ0v) is 12.0. The summed E-state index contributed by atoms with van der Waals surface area (Å²) >= 11 is 0. The first kappa shape index (κ1) is 12.4. The van der Waals surface area contributed by atoms with Crippen molar-refractivity contribution in [3.63, 3.8) is 0 Å². The molecule has 108 valence electrons. The third-order valence-electron chi connectivity index (χ3n) is 4.52. The molecule has 21 heavy (non-hydrogen) atoms. The summed E-state index contributed by atoms with van der Waals surface area (Å²) in [5.74, 6) is 0. The first-order valence-electron chi connectivity index (χ1n) is 7.30. The number of carbonyl (C=O) groups is 1. The molecule has 2 aliphatic rings. The van der Waals surface area contributed by atoms with Crippen LogP contribution in [0.2, 0.25) is 0 Å². The smallest absolute Gasteiger partial charge is 0.321 e. The number of aromatic nitrogens is 2. The second-order valence-corrected chi connectivity index (χ2v) is 6.18. The number of benzene rings is 1. The van der Waals surface area contributed by atoms with Crippen molar-refractivity contribution in [3.8, 4) is 11.3 Å². The van der Waals surface area contributed by atoms with E-state index < -0.39 is 0 Å². The van der Waals surface area contributed by atoms with Crippen LogP contribution in [0.1, 0.15) is 12.8 Å². The van der Waals surface area contributed by atoms with Crippen LogP contribution in [-0.4, -0.2) is 33.8 Å². The van der Waals surface area contributed by atoms with E-state index in [9.17, 15) is 4.79 Å². The molecule has 1 aliphatic heterocycles. The summed E-state index contributed by atoms with van der Waals surface area (Å²) in [4.78, 5) is 14.2. The number of hydrogen-bond acceptors (Lipinski definition) is 2. The van der Waals surface area contributed by atoms with Crippen LogP contribution in [0.5, 0.6) is 0 Å². The number of urea groups is 1. The standard InChI is InChI=1S/C16H18N4O/c1-19-14(12-5-3-2-4-6-12)13(9-17-19)18-15(21)20-10-16(11-20)7-8-16/h2-6,9H,7-8,10-11H2,1H3,(H,18,21). The van der Waals surface area contributed by atoms with E-state index in [1.807, 2.05) is 42.3 Å². The Kier molecular flexibility index (Phi) is 2.58. The first-order chi connectivity index (χ1) is 10.2. The Morgan fingerprint density at radius 2 is 1.95 bits per heavy atom. The van der Waals surface area contributed by atoms with Crippen LogP contribution >= 0.6 is 0 Å². The molecule has 5 heteroatoms. The van der Waals surface area contributed by atoms with Crippen LogP contribution in [-0.2, 0) is 7.05 Å². The number of rotatable bonds is 2. The van der Waals surface area contributed by atoms with E-state index in [2.05, 4.69) is 10.4 Å². The molecule has 0 bridgehead atoms. The summed E-state index contributed by atoms with van der Waals surface area (Å²) < 4.78 is 1.80. The third kappa shape index (κ3) is 2.09. The molecular formula is C16H18N4O. The zero-order chi connectivity index (χ0) is 14.4. The maximum absolute atomic E-state index is 12.3. The Hall–Kier alpha value is -2.30. The van der Waals surface area contributed by atoms with E-state index in [4.69, 9.17) is 0 Å². The number of nitrogens with one attached hydrogen (secondary N) is 1. The SMILES string of the molecule is Cn1ncc(NC(=O)N2CC3(CC3)C2)c1-c1ccccc1. The molecule has 4 rings (SSSR count). The maximum Gasteiger partial charge on any atom is 0.321 e. The van der Waals surface area contributed by atoms with Crippen molar-refractivity contribution < 1.29 is 4.79 Å². The van der Waals surface area contributed by atoms with Gasteiger partial charge in [-0.25, -0.2) is 4.79 Å². The molecule has 2 amide bonds. The summed E-state index contributed by atoms with van der Waals surface area (Å²) in [6, 6.07) is 9.98. The molecular weight excluding hydrogens is 264 g/mol. The van der Waals surface area contributed by atoms with Gasteiger partial charge in [-0.15, -0.1) is 0 Å². The Morgan fingerprint density at radius 1 is 1.24 bits per heavy atom. The van der Waals surface area contributed by atoms with Gasteiger partial charge in [0.15, 0.2) is 0 Å². The molecule has 0 atom stereocenters. The van der Waals surface area contributed by atoms with Crippen molar-refractivity contribution in [1.82, 2.24) is 14.7 Å². The molecule has 1 saturated heterocycles. The molecule has 2 aromatic rings. The highest BCUT2D eigenvalue weighted by Gasteiger charge is 2.53. The van der Waals surface area contributed by atoms with Gasteiger partial charge in [-0.1, -0.05) is 30.3 Å². The van der Waals surface area contributed by atoms with Gasteiger partial charge in [-0.2, -0.15) is 5.10 Å². The van der Waals surface area contributed by atoms with E-state index in [0.717, 1.165) is 30.0 Å². The van der Waals surface area contributed by atoms with Crippen LogP contribution in [0.15, 0.2) is 36.5 Å². The fraction of sp³-hybridized carbons (Fsp3) is 0.375. The lowest BCUT2D eigenvalue weighted by Crippen LogP contribution is -2.53. The Morgan fingerprint density at radius 3 is 2.62 bits per heavy atom. The van der Waals surface area contributed by atoms with Gasteiger partial charge in [-0.3, -0.25) is 4.68 Å². The largest absolute Gasteiger partial charge is 0.323 e. The van der Waals surface area contributed by atoms with E-state index >= 15 is 0 Å². The molecule has 1 spiro atoms. The van der Waals surface area contributed by atoms with Gasteiger partial charge in [0.05, 0.1) is 17.6 Å². The highest BCUT2D eigenvalue weighted by atomic mass is 16.2. The third-order valence-corrected chi connectivity index (χ3v) is 4.52. The van der Waals surface area contributed by atoms with Crippen LogP contribution in [0.25, 0.3) is 11.3 Å². The highest BCUT2D eigenvalue weighted by molar-refractivity contribution is 5.94. The molecule has 1 aromatic carbocycles. The minimum absolute atomic E-state index is 0.0160. The van der Waals surface area contributed by atoms with Crippen LogP contribution in [0.4, 0.5) is 10.5 Å². The quantitative estimate of drug-likeness (QED) is 0.920. The monoisotopic (exact) mass is 282 g/mol. The molecule has 0 radical (unpaired) electrons. The van der Waals surface area contributed by atoms with E-state index in [1.165, 1.54) is 12.8 Å². The lowest BCUT2D eigenvalue weighted by Gasteiger charge is -2.39. The summed E-state index contributed by atoms with van der Waals surface area (Å²) in [7, 11) is 1.89. The summed E-state index contributed by atoms with van der Waals surface area (Å²) in [5.41, 5.74) is 3.24. The Labute approximate surface area is 123 Å². The predicted octanol–water partition coefficient (Wildman–Crippen LogP) is 2.71. The average Bonchev–Trinajstić information content (AvgIpc) is 3.18. The summed E-state index contributed by atoms with van der Waals surface area (Å²) in [5, 5.41) is 7.27. The minimum atomic E-state index is -0.0160. The molecule has 5 nitrogen and oxygen atoms in total. The molecule has 2 fully saturated rings. The fourth-order valence-electron chi connectivity index (χ4n) is 3.06. The van der Waals surface area contributed by atoms with Gasteiger partial charge in [0, 0.05) is 31.1 Å². The lowest BCUT2D eigenvalue weighted by molar-refractivity contribution is 0.116. The van der Waals surface area contributed by atoms with Crippen molar-refractivity contribution in [2.24, 2.45) is 12.5 Å². The van der Waals surface area contributed by atoms with Crippen LogP contribution in [0.3, 0.4) is 0 Å². The second kappa shape index (κ2) is 4.35. The molecule has 0 unspecified atom stereocenters. The zero-order valence-electron chi connectivity index (χ0n) is 12.0. The number of carbonyl (C=O) groups excluding carboxylic acids is 1. The van der Waals surface area contributed by atoms with Crippen LogP contribution < -0.4 is 5.32 Å². The Balaban J connectivity index is 1.54. The van der Waals surface area contributed by atoms with Gasteiger partial charge >= 0.3 is 6.03 Å².